The third kappa shape index (κ3) is 7.17. The molecule has 4 aromatic carbocycles. The fourth-order valence-electron chi connectivity index (χ4n) is 5.90. The average molecular weight is 829 g/mol. The summed E-state index contributed by atoms with van der Waals surface area (Å²) in [5.74, 6) is 1.65. The Morgan fingerprint density at radius 2 is 1.56 bits per heavy atom. The smallest absolute Gasteiger partial charge is 0.0774 e. The van der Waals surface area contributed by atoms with Crippen molar-refractivity contribution in [2.45, 2.75) is 66.0 Å². The van der Waals surface area contributed by atoms with Gasteiger partial charge in [0.05, 0.1) is 24.9 Å². The van der Waals surface area contributed by atoms with Crippen LogP contribution in [0.25, 0.3) is 50.3 Å². The SMILES string of the molecule is CC(C)c1cccc(C(C)C)c1-n1c(-c2[c-]oc3ccc([Si](C)(C)C)cc23)nc2ccccc21.[2H]C([2H])([2H])c1ccc(-c2[c-]cccc2)nc1.[Ir]. The predicted octanol–water partition coefficient (Wildman–Crippen LogP) is 10.9. The molecule has 1 radical (unpaired) electrons. The van der Waals surface area contributed by atoms with Gasteiger partial charge < -0.3 is 14.0 Å². The number of nitrogens with zero attached hydrogens (tertiary/aromatic N) is 3. The normalized spacial score (nSPS) is 12.7. The first-order chi connectivity index (χ1) is 23.7. The summed E-state index contributed by atoms with van der Waals surface area (Å²) in [6.07, 6.45) is 4.63. The van der Waals surface area contributed by atoms with E-state index < -0.39 is 14.9 Å². The molecular formula is C42H43IrN3OSi-2. The first kappa shape index (κ1) is 31.2. The Bertz CT molecular complexity index is 2220. The van der Waals surface area contributed by atoms with E-state index in [4.69, 9.17) is 13.5 Å². The summed E-state index contributed by atoms with van der Waals surface area (Å²) in [5.41, 5.74) is 9.61. The molecule has 3 aromatic heterocycles. The third-order valence-corrected chi connectivity index (χ3v) is 10.5. The van der Waals surface area contributed by atoms with Crippen molar-refractivity contribution in [1.29, 1.82) is 0 Å². The molecule has 7 rings (SSSR count). The van der Waals surface area contributed by atoms with Gasteiger partial charge >= 0.3 is 0 Å². The minimum absolute atomic E-state index is 0. The molecule has 7 aromatic rings. The van der Waals surface area contributed by atoms with E-state index in [2.05, 4.69) is 130 Å². The van der Waals surface area contributed by atoms with Gasteiger partial charge in [-0.2, -0.15) is 0 Å². The van der Waals surface area contributed by atoms with Gasteiger partial charge in [-0.25, -0.2) is 0 Å². The number of hydrogen-bond acceptors (Lipinski definition) is 3. The van der Waals surface area contributed by atoms with Crippen LogP contribution in [0.4, 0.5) is 0 Å². The Labute approximate surface area is 303 Å². The van der Waals surface area contributed by atoms with Crippen LogP contribution < -0.4 is 5.19 Å². The number of furan rings is 1. The van der Waals surface area contributed by atoms with Gasteiger partial charge in [0.25, 0.3) is 0 Å². The second kappa shape index (κ2) is 14.6. The summed E-state index contributed by atoms with van der Waals surface area (Å²) in [6, 6.07) is 35.5. The number of fused-ring (bicyclic) bond motifs is 2. The maximum Gasteiger partial charge on any atom is 0.0774 e. The summed E-state index contributed by atoms with van der Waals surface area (Å²) in [4.78, 5) is 9.28. The average Bonchev–Trinajstić information content (AvgIpc) is 3.69. The summed E-state index contributed by atoms with van der Waals surface area (Å²) in [6.45, 7) is 14.1. The number of aryl methyl sites for hydroxylation is 1. The van der Waals surface area contributed by atoms with Crippen LogP contribution in [0.3, 0.4) is 0 Å². The standard InChI is InChI=1S/C30H33N2OSi.C12H10N.Ir/c1-19(2)22-11-10-12-23(20(3)4)29(22)32-27-14-9-8-13-26(27)31-30(32)25-18-33-28-16-15-21(17-24(25)28)34(5,6)7;1-10-7-8-12(13-9-10)11-5-3-2-4-6-11;/h8-17,19-20H,1-7H3;2-5,7-9H,1H3;/q2*-1;/i;1D3;. The molecule has 0 saturated heterocycles. The molecule has 0 spiro atoms. The van der Waals surface area contributed by atoms with Crippen LogP contribution in [-0.4, -0.2) is 22.6 Å². The fourth-order valence-corrected chi connectivity index (χ4v) is 7.06. The van der Waals surface area contributed by atoms with E-state index in [9.17, 15) is 0 Å². The Hall–Kier alpha value is -4.09. The predicted molar refractivity (Wildman–Crippen MR) is 200 cm³/mol. The first-order valence-electron chi connectivity index (χ1n) is 17.7. The van der Waals surface area contributed by atoms with Crippen LogP contribution in [0.15, 0.2) is 108 Å². The molecule has 0 aliphatic carbocycles. The van der Waals surface area contributed by atoms with Crippen molar-refractivity contribution in [3.8, 4) is 28.3 Å². The summed E-state index contributed by atoms with van der Waals surface area (Å²) in [7, 11) is -1.49. The summed E-state index contributed by atoms with van der Waals surface area (Å²) >= 11 is 0. The van der Waals surface area contributed by atoms with E-state index in [1.807, 2.05) is 18.2 Å². The third-order valence-electron chi connectivity index (χ3n) is 8.48. The van der Waals surface area contributed by atoms with Gasteiger partial charge in [-0.1, -0.05) is 118 Å². The minimum Gasteiger partial charge on any atom is -0.557 e. The second-order valence-corrected chi connectivity index (χ2v) is 18.7. The van der Waals surface area contributed by atoms with Gasteiger partial charge in [-0.15, -0.1) is 42.0 Å². The largest absolute Gasteiger partial charge is 0.557 e. The van der Waals surface area contributed by atoms with Gasteiger partial charge in [0.1, 0.15) is 0 Å². The number of benzene rings is 4. The summed E-state index contributed by atoms with van der Waals surface area (Å²) in [5, 5.41) is 2.49. The van der Waals surface area contributed by atoms with E-state index in [1.165, 1.54) is 28.2 Å². The molecule has 0 aliphatic rings. The van der Waals surface area contributed by atoms with E-state index in [0.717, 1.165) is 44.6 Å². The monoisotopic (exact) mass is 829 g/mol. The van der Waals surface area contributed by atoms with Crippen LogP contribution in [0.5, 0.6) is 0 Å². The van der Waals surface area contributed by atoms with Crippen molar-refractivity contribution < 1.29 is 28.6 Å². The van der Waals surface area contributed by atoms with Crippen molar-refractivity contribution in [2.24, 2.45) is 0 Å². The van der Waals surface area contributed by atoms with E-state index in [1.54, 1.807) is 18.2 Å². The second-order valence-electron chi connectivity index (χ2n) is 13.6. The van der Waals surface area contributed by atoms with E-state index in [-0.39, 0.29) is 25.7 Å². The molecule has 4 nitrogen and oxygen atoms in total. The molecule has 247 valence electrons. The van der Waals surface area contributed by atoms with Crippen LogP contribution in [0.2, 0.25) is 19.6 Å². The van der Waals surface area contributed by atoms with Gasteiger partial charge in [-0.05, 0) is 53.2 Å². The maximum absolute atomic E-state index is 7.23. The zero-order chi connectivity index (χ0) is 35.8. The van der Waals surface area contributed by atoms with E-state index >= 15 is 0 Å². The summed E-state index contributed by atoms with van der Waals surface area (Å²) < 4.78 is 30.0. The number of imidazole rings is 1. The fraction of sp³-hybridized carbons (Fsp3) is 0.238. The van der Waals surface area contributed by atoms with Crippen LogP contribution in [0, 0.1) is 19.2 Å². The molecule has 3 heterocycles. The van der Waals surface area contributed by atoms with Crippen molar-refractivity contribution in [1.82, 2.24) is 14.5 Å². The number of rotatable bonds is 6. The van der Waals surface area contributed by atoms with Crippen LogP contribution >= 0.6 is 0 Å². The molecule has 0 saturated carbocycles. The van der Waals surface area contributed by atoms with E-state index in [0.29, 0.717) is 11.8 Å². The Morgan fingerprint density at radius 1 is 0.833 bits per heavy atom. The molecule has 0 fully saturated rings. The topological polar surface area (TPSA) is 43.9 Å². The Morgan fingerprint density at radius 3 is 2.19 bits per heavy atom. The molecule has 0 bridgehead atoms. The van der Waals surface area contributed by atoms with Crippen molar-refractivity contribution >= 4 is 35.3 Å². The molecule has 0 unspecified atom stereocenters. The molecule has 6 heteroatoms. The zero-order valence-corrected chi connectivity index (χ0v) is 31.9. The molecular weight excluding hydrogens is 783 g/mol. The van der Waals surface area contributed by atoms with Gasteiger partial charge in [0.15, 0.2) is 0 Å². The molecule has 0 amide bonds. The van der Waals surface area contributed by atoms with Gasteiger partial charge in [-0.3, -0.25) is 4.98 Å². The minimum atomic E-state index is -2.09. The molecule has 0 atom stereocenters. The number of aromatic nitrogens is 3. The molecule has 0 aliphatic heterocycles. The van der Waals surface area contributed by atoms with Crippen molar-refractivity contribution in [2.75, 3.05) is 0 Å². The number of hydrogen-bond donors (Lipinski definition) is 0. The van der Waals surface area contributed by atoms with Gasteiger partial charge in [0.2, 0.25) is 0 Å². The first-order valence-corrected chi connectivity index (χ1v) is 19.7. The quantitative estimate of drug-likeness (QED) is 0.124. The van der Waals surface area contributed by atoms with Crippen molar-refractivity contribution in [3.05, 3.63) is 132 Å². The molecule has 0 N–H and O–H groups in total. The van der Waals surface area contributed by atoms with Gasteiger partial charge in [0, 0.05) is 47.9 Å². The van der Waals surface area contributed by atoms with Crippen molar-refractivity contribution in [3.63, 3.8) is 0 Å². The maximum atomic E-state index is 7.23. The molecule has 48 heavy (non-hydrogen) atoms. The number of pyridine rings is 1. The number of para-hydroxylation sites is 3. The zero-order valence-electron chi connectivity index (χ0n) is 31.6. The van der Waals surface area contributed by atoms with Crippen LogP contribution in [-0.2, 0) is 20.1 Å². The Balaban J connectivity index is 0.000000249. The Kier molecular flexibility index (Phi) is 9.47. The van der Waals surface area contributed by atoms with Crippen LogP contribution in [0.1, 0.15) is 60.3 Å².